The molecule has 0 heterocycles. The lowest BCUT2D eigenvalue weighted by atomic mass is 10.0. The molecule has 0 unspecified atom stereocenters. The van der Waals surface area contributed by atoms with Gasteiger partial charge in [0, 0.05) is 29.0 Å². The Morgan fingerprint density at radius 3 is 2.21 bits per heavy atom. The second kappa shape index (κ2) is 14.0. The summed E-state index contributed by atoms with van der Waals surface area (Å²) in [7, 11) is -3.84. The van der Waals surface area contributed by atoms with Gasteiger partial charge in [0.2, 0.25) is 21.8 Å². The molecule has 3 aromatic carbocycles. The summed E-state index contributed by atoms with van der Waals surface area (Å²) >= 11 is 9.63. The van der Waals surface area contributed by atoms with Crippen molar-refractivity contribution >= 4 is 55.1 Å². The van der Waals surface area contributed by atoms with Gasteiger partial charge < -0.3 is 10.2 Å². The van der Waals surface area contributed by atoms with E-state index in [0.717, 1.165) is 21.7 Å². The van der Waals surface area contributed by atoms with Crippen LogP contribution in [0.1, 0.15) is 25.0 Å². The first-order valence-corrected chi connectivity index (χ1v) is 15.6. The fourth-order valence-corrected chi connectivity index (χ4v) is 5.75. The average molecular weight is 635 g/mol. The number of rotatable bonds is 12. The van der Waals surface area contributed by atoms with E-state index in [-0.39, 0.29) is 24.8 Å². The van der Waals surface area contributed by atoms with Crippen molar-refractivity contribution in [2.45, 2.75) is 32.9 Å². The molecule has 0 bridgehead atoms. The highest BCUT2D eigenvalue weighted by molar-refractivity contribution is 9.10. The summed E-state index contributed by atoms with van der Waals surface area (Å²) in [5.74, 6) is -0.619. The number of nitrogens with zero attached hydrogens (tertiary/aromatic N) is 2. The molecule has 0 spiro atoms. The van der Waals surface area contributed by atoms with Crippen molar-refractivity contribution in [2.75, 3.05) is 23.7 Å². The molecule has 0 aliphatic carbocycles. The maximum Gasteiger partial charge on any atom is 0.244 e. The number of sulfonamides is 1. The second-order valence-electron chi connectivity index (χ2n) is 9.72. The van der Waals surface area contributed by atoms with Crippen LogP contribution < -0.4 is 9.62 Å². The quantitative estimate of drug-likeness (QED) is 0.294. The van der Waals surface area contributed by atoms with Gasteiger partial charge in [0.25, 0.3) is 0 Å². The Morgan fingerprint density at radius 2 is 1.59 bits per heavy atom. The van der Waals surface area contributed by atoms with Gasteiger partial charge in [-0.05, 0) is 57.2 Å². The average Bonchev–Trinajstić information content (AvgIpc) is 2.88. The lowest BCUT2D eigenvalue weighted by Gasteiger charge is -2.34. The topological polar surface area (TPSA) is 86.8 Å². The van der Waals surface area contributed by atoms with E-state index in [9.17, 15) is 18.0 Å². The minimum Gasteiger partial charge on any atom is -0.354 e. The molecule has 1 atom stereocenters. The van der Waals surface area contributed by atoms with Crippen molar-refractivity contribution in [1.29, 1.82) is 0 Å². The van der Waals surface area contributed by atoms with Gasteiger partial charge in [-0.15, -0.1) is 0 Å². The minimum atomic E-state index is -3.84. The third-order valence-corrected chi connectivity index (χ3v) is 8.03. The van der Waals surface area contributed by atoms with Crippen molar-refractivity contribution in [3.05, 3.63) is 99.5 Å². The summed E-state index contributed by atoms with van der Waals surface area (Å²) in [4.78, 5) is 29.1. The number of benzene rings is 3. The Hall–Kier alpha value is -2.88. The number of hydrogen-bond donors (Lipinski definition) is 1. The predicted molar refractivity (Wildman–Crippen MR) is 160 cm³/mol. The van der Waals surface area contributed by atoms with Gasteiger partial charge in [-0.2, -0.15) is 0 Å². The van der Waals surface area contributed by atoms with E-state index in [1.807, 2.05) is 50.2 Å². The number of para-hydroxylation sites is 1. The van der Waals surface area contributed by atoms with Crippen molar-refractivity contribution in [3.63, 3.8) is 0 Å². The molecule has 0 saturated heterocycles. The van der Waals surface area contributed by atoms with Crippen LogP contribution in [-0.4, -0.2) is 50.5 Å². The zero-order valence-electron chi connectivity index (χ0n) is 22.2. The SMILES string of the molecule is CC(C)CNC(=O)[C@@H](Cc1ccccc1)N(Cc1cccc(Cl)c1)C(=O)CN(c1ccccc1Br)S(C)(=O)=O. The molecule has 7 nitrogen and oxygen atoms in total. The Kier molecular flexibility index (Phi) is 11.0. The molecule has 3 rings (SSSR count). The number of amides is 2. The zero-order chi connectivity index (χ0) is 28.6. The van der Waals surface area contributed by atoms with E-state index < -0.39 is 28.5 Å². The third kappa shape index (κ3) is 9.08. The number of carbonyl (C=O) groups excluding carboxylic acids is 2. The fraction of sp³-hybridized carbons (Fsp3) is 0.310. The first kappa shape index (κ1) is 30.7. The van der Waals surface area contributed by atoms with Crippen molar-refractivity contribution in [1.82, 2.24) is 10.2 Å². The molecule has 0 saturated carbocycles. The maximum atomic E-state index is 14.0. The molecule has 0 aromatic heterocycles. The van der Waals surface area contributed by atoms with E-state index in [0.29, 0.717) is 21.7 Å². The molecule has 3 aromatic rings. The van der Waals surface area contributed by atoms with Crippen LogP contribution in [-0.2, 0) is 32.6 Å². The van der Waals surface area contributed by atoms with Crippen LogP contribution in [0.25, 0.3) is 0 Å². The minimum absolute atomic E-state index is 0.0690. The molecule has 2 amide bonds. The van der Waals surface area contributed by atoms with Gasteiger partial charge in [0.05, 0.1) is 11.9 Å². The molecular weight excluding hydrogens is 602 g/mol. The monoisotopic (exact) mass is 633 g/mol. The number of anilines is 1. The van der Waals surface area contributed by atoms with E-state index in [1.54, 1.807) is 42.5 Å². The largest absolute Gasteiger partial charge is 0.354 e. The predicted octanol–water partition coefficient (Wildman–Crippen LogP) is 5.28. The summed E-state index contributed by atoms with van der Waals surface area (Å²) < 4.78 is 27.3. The molecule has 10 heteroatoms. The molecule has 1 N–H and O–H groups in total. The van der Waals surface area contributed by atoms with Gasteiger partial charge in [0.15, 0.2) is 0 Å². The van der Waals surface area contributed by atoms with Crippen LogP contribution in [0.2, 0.25) is 5.02 Å². The fourth-order valence-electron chi connectivity index (χ4n) is 4.06. The first-order valence-electron chi connectivity index (χ1n) is 12.5. The first-order chi connectivity index (χ1) is 18.5. The Morgan fingerprint density at radius 1 is 0.949 bits per heavy atom. The lowest BCUT2D eigenvalue weighted by molar-refractivity contribution is -0.140. The van der Waals surface area contributed by atoms with Crippen molar-refractivity contribution < 1.29 is 18.0 Å². The van der Waals surface area contributed by atoms with Crippen LogP contribution >= 0.6 is 27.5 Å². The number of carbonyl (C=O) groups is 2. The van der Waals surface area contributed by atoms with Gasteiger partial charge >= 0.3 is 0 Å². The Balaban J connectivity index is 2.05. The van der Waals surface area contributed by atoms with Gasteiger partial charge in [-0.1, -0.05) is 80.0 Å². The standard InChI is InChI=1S/C29H33BrClN3O4S/c1-21(2)18-32-29(36)27(17-22-10-5-4-6-11-22)33(19-23-12-9-13-24(31)16-23)28(35)20-34(39(3,37)38)26-15-8-7-14-25(26)30/h4-16,21,27H,17-20H2,1-3H3,(H,32,36)/t27-/m1/s1. The smallest absolute Gasteiger partial charge is 0.244 e. The Labute approximate surface area is 244 Å². The maximum absolute atomic E-state index is 14.0. The number of halogens is 2. The highest BCUT2D eigenvalue weighted by atomic mass is 79.9. The van der Waals surface area contributed by atoms with Gasteiger partial charge in [-0.3, -0.25) is 13.9 Å². The molecule has 208 valence electrons. The number of nitrogens with one attached hydrogen (secondary N) is 1. The summed E-state index contributed by atoms with van der Waals surface area (Å²) in [5.41, 5.74) is 1.93. The molecule has 0 aliphatic heterocycles. The normalized spacial score (nSPS) is 12.2. The van der Waals surface area contributed by atoms with E-state index in [1.165, 1.54) is 4.90 Å². The second-order valence-corrected chi connectivity index (χ2v) is 12.9. The summed E-state index contributed by atoms with van der Waals surface area (Å²) in [6.07, 6.45) is 1.31. The van der Waals surface area contributed by atoms with Crippen LogP contribution in [0.4, 0.5) is 5.69 Å². The highest BCUT2D eigenvalue weighted by Crippen LogP contribution is 2.28. The van der Waals surface area contributed by atoms with Crippen molar-refractivity contribution in [2.24, 2.45) is 5.92 Å². The molecule has 0 radical (unpaired) electrons. The van der Waals surface area contributed by atoms with E-state index in [4.69, 9.17) is 11.6 Å². The summed E-state index contributed by atoms with van der Waals surface area (Å²) in [6.45, 7) is 4.01. The Bertz CT molecular complexity index is 1390. The zero-order valence-corrected chi connectivity index (χ0v) is 25.3. The summed E-state index contributed by atoms with van der Waals surface area (Å²) in [5, 5.41) is 3.46. The van der Waals surface area contributed by atoms with E-state index in [2.05, 4.69) is 21.2 Å². The van der Waals surface area contributed by atoms with Crippen LogP contribution in [0.15, 0.2) is 83.3 Å². The highest BCUT2D eigenvalue weighted by Gasteiger charge is 2.33. The number of hydrogen-bond acceptors (Lipinski definition) is 4. The van der Waals surface area contributed by atoms with Gasteiger partial charge in [0.1, 0.15) is 12.6 Å². The van der Waals surface area contributed by atoms with Crippen LogP contribution in [0.5, 0.6) is 0 Å². The van der Waals surface area contributed by atoms with Gasteiger partial charge in [-0.25, -0.2) is 8.42 Å². The van der Waals surface area contributed by atoms with Crippen LogP contribution in [0.3, 0.4) is 0 Å². The third-order valence-electron chi connectivity index (χ3n) is 6.00. The summed E-state index contributed by atoms with van der Waals surface area (Å²) in [6, 6.07) is 22.4. The molecular formula is C29H33BrClN3O4S. The van der Waals surface area contributed by atoms with E-state index >= 15 is 0 Å². The van der Waals surface area contributed by atoms with Crippen LogP contribution in [0, 0.1) is 5.92 Å². The molecule has 0 fully saturated rings. The van der Waals surface area contributed by atoms with Crippen molar-refractivity contribution in [3.8, 4) is 0 Å². The molecule has 0 aliphatic rings. The lowest BCUT2D eigenvalue weighted by Crippen LogP contribution is -2.53. The molecule has 39 heavy (non-hydrogen) atoms.